The van der Waals surface area contributed by atoms with E-state index in [0.29, 0.717) is 30.2 Å². The number of ether oxygens (including phenoxy) is 2. The molecular formula is C21H20IN3O3. The Labute approximate surface area is 177 Å². The van der Waals surface area contributed by atoms with Crippen molar-refractivity contribution in [2.75, 3.05) is 12.8 Å². The maximum absolute atomic E-state index is 12.4. The summed E-state index contributed by atoms with van der Waals surface area (Å²) in [4.78, 5) is 16.6. The fraction of sp³-hybridized carbons (Fsp3) is 0.143. The highest BCUT2D eigenvalue weighted by molar-refractivity contribution is 14.1. The van der Waals surface area contributed by atoms with Crippen LogP contribution in [-0.4, -0.2) is 18.0 Å². The summed E-state index contributed by atoms with van der Waals surface area (Å²) in [5.41, 5.74) is 7.83. The third kappa shape index (κ3) is 5.43. The van der Waals surface area contributed by atoms with Crippen LogP contribution < -0.4 is 15.8 Å². The summed E-state index contributed by atoms with van der Waals surface area (Å²) in [6.45, 7) is 0.696. The summed E-state index contributed by atoms with van der Waals surface area (Å²) >= 11 is 2.25. The lowest BCUT2D eigenvalue weighted by Gasteiger charge is -2.10. The number of carbonyl (C=O) groups excluding carboxylic acids is 1. The molecule has 0 aliphatic rings. The van der Waals surface area contributed by atoms with Crippen molar-refractivity contribution in [3.05, 3.63) is 81.1 Å². The summed E-state index contributed by atoms with van der Waals surface area (Å²) in [6, 6.07) is 18.8. The first-order chi connectivity index (χ1) is 13.5. The van der Waals surface area contributed by atoms with Gasteiger partial charge in [0.1, 0.15) is 17.3 Å². The van der Waals surface area contributed by atoms with Crippen molar-refractivity contribution in [1.29, 1.82) is 0 Å². The number of benzene rings is 2. The predicted molar refractivity (Wildman–Crippen MR) is 116 cm³/mol. The van der Waals surface area contributed by atoms with Gasteiger partial charge in [-0.1, -0.05) is 12.1 Å². The number of nitrogens with zero attached hydrogens (tertiary/aromatic N) is 1. The van der Waals surface area contributed by atoms with E-state index >= 15 is 0 Å². The zero-order chi connectivity index (χ0) is 19.9. The van der Waals surface area contributed by atoms with E-state index in [9.17, 15) is 4.79 Å². The topological polar surface area (TPSA) is 86.5 Å². The number of methoxy groups -OCH3 is 1. The second-order valence-corrected chi connectivity index (χ2v) is 7.30. The minimum atomic E-state index is -0.280. The van der Waals surface area contributed by atoms with Crippen molar-refractivity contribution in [1.82, 2.24) is 10.3 Å². The Kier molecular flexibility index (Phi) is 6.83. The first-order valence-corrected chi connectivity index (χ1v) is 9.68. The van der Waals surface area contributed by atoms with Crippen LogP contribution in [-0.2, 0) is 17.9 Å². The Hall–Kier alpha value is -2.65. The molecule has 2 aromatic carbocycles. The molecule has 0 fully saturated rings. The molecule has 7 heteroatoms. The minimum absolute atomic E-state index is 0.183. The Morgan fingerprint density at radius 2 is 1.89 bits per heavy atom. The van der Waals surface area contributed by atoms with Crippen LogP contribution in [0.25, 0.3) is 0 Å². The van der Waals surface area contributed by atoms with Crippen LogP contribution in [0, 0.1) is 3.57 Å². The average molecular weight is 489 g/mol. The molecule has 0 aliphatic carbocycles. The quantitative estimate of drug-likeness (QED) is 0.488. The maximum Gasteiger partial charge on any atom is 0.255 e. The summed E-state index contributed by atoms with van der Waals surface area (Å²) in [6.07, 6.45) is 0. The lowest BCUT2D eigenvalue weighted by atomic mass is 10.2. The number of amides is 1. The molecule has 3 aromatic rings. The van der Waals surface area contributed by atoms with Crippen LogP contribution in [0.4, 0.5) is 5.82 Å². The van der Waals surface area contributed by atoms with Gasteiger partial charge in [-0.15, -0.1) is 0 Å². The lowest BCUT2D eigenvalue weighted by Crippen LogP contribution is -2.24. The minimum Gasteiger partial charge on any atom is -0.457 e. The highest BCUT2D eigenvalue weighted by Crippen LogP contribution is 2.23. The van der Waals surface area contributed by atoms with Gasteiger partial charge in [-0.3, -0.25) is 4.79 Å². The van der Waals surface area contributed by atoms with Gasteiger partial charge in [0, 0.05) is 17.2 Å². The van der Waals surface area contributed by atoms with Gasteiger partial charge in [0.25, 0.3) is 5.91 Å². The van der Waals surface area contributed by atoms with Crippen LogP contribution in [0.15, 0.2) is 60.7 Å². The van der Waals surface area contributed by atoms with Gasteiger partial charge >= 0.3 is 0 Å². The molecule has 0 bridgehead atoms. The summed E-state index contributed by atoms with van der Waals surface area (Å²) in [5, 5.41) is 2.86. The maximum atomic E-state index is 12.4. The number of rotatable bonds is 7. The molecule has 6 nitrogen and oxygen atoms in total. The van der Waals surface area contributed by atoms with Gasteiger partial charge in [0.15, 0.2) is 0 Å². The Bertz CT molecular complexity index is 961. The zero-order valence-electron chi connectivity index (χ0n) is 15.3. The Morgan fingerprint density at radius 3 is 2.61 bits per heavy atom. The second kappa shape index (κ2) is 9.52. The van der Waals surface area contributed by atoms with Gasteiger partial charge in [0.05, 0.1) is 17.9 Å². The number of nitrogens with two attached hydrogens (primary N) is 1. The number of hydrogen-bond donors (Lipinski definition) is 2. The molecule has 0 atom stereocenters. The fourth-order valence-electron chi connectivity index (χ4n) is 2.57. The van der Waals surface area contributed by atoms with E-state index < -0.39 is 0 Å². The molecule has 28 heavy (non-hydrogen) atoms. The third-order valence-electron chi connectivity index (χ3n) is 3.92. The van der Waals surface area contributed by atoms with E-state index in [1.807, 2.05) is 48.5 Å². The smallest absolute Gasteiger partial charge is 0.255 e. The average Bonchev–Trinajstić information content (AvgIpc) is 2.69. The van der Waals surface area contributed by atoms with Gasteiger partial charge in [-0.25, -0.2) is 4.98 Å². The molecule has 0 saturated heterocycles. The highest BCUT2D eigenvalue weighted by atomic mass is 127. The van der Waals surface area contributed by atoms with Crippen molar-refractivity contribution in [3.63, 3.8) is 0 Å². The number of hydrogen-bond acceptors (Lipinski definition) is 5. The first-order valence-electron chi connectivity index (χ1n) is 8.60. The van der Waals surface area contributed by atoms with Gasteiger partial charge in [0.2, 0.25) is 0 Å². The van der Waals surface area contributed by atoms with Gasteiger partial charge < -0.3 is 20.5 Å². The van der Waals surface area contributed by atoms with Crippen molar-refractivity contribution in [2.24, 2.45) is 0 Å². The number of aromatic nitrogens is 1. The largest absolute Gasteiger partial charge is 0.457 e. The monoisotopic (exact) mass is 489 g/mol. The number of anilines is 1. The summed E-state index contributed by atoms with van der Waals surface area (Å²) in [7, 11) is 1.58. The molecule has 0 spiro atoms. The predicted octanol–water partition coefficient (Wildman–Crippen LogP) is 4.14. The number of halogens is 1. The van der Waals surface area contributed by atoms with E-state index in [-0.39, 0.29) is 11.7 Å². The van der Waals surface area contributed by atoms with Crippen molar-refractivity contribution in [2.45, 2.75) is 13.2 Å². The van der Waals surface area contributed by atoms with Crippen LogP contribution >= 0.6 is 22.6 Å². The standard InChI is InChI=1S/C21H20IN3O3/c1-27-13-16-7-10-19(20(23)25-16)21(26)24-12-14-3-2-4-18(11-14)28-17-8-5-15(22)6-9-17/h2-11H,12-13H2,1H3,(H2,23,25)(H,24,26). The van der Waals surface area contributed by atoms with Crippen molar-refractivity contribution in [3.8, 4) is 11.5 Å². The summed E-state index contributed by atoms with van der Waals surface area (Å²) < 4.78 is 12.0. The van der Waals surface area contributed by atoms with Crippen LogP contribution in [0.5, 0.6) is 11.5 Å². The zero-order valence-corrected chi connectivity index (χ0v) is 17.5. The second-order valence-electron chi connectivity index (χ2n) is 6.05. The lowest BCUT2D eigenvalue weighted by molar-refractivity contribution is 0.0951. The molecule has 3 N–H and O–H groups in total. The number of nitrogen functional groups attached to an aromatic ring is 1. The molecule has 0 aliphatic heterocycles. The Morgan fingerprint density at radius 1 is 1.11 bits per heavy atom. The third-order valence-corrected chi connectivity index (χ3v) is 4.64. The Balaban J connectivity index is 1.63. The number of pyridine rings is 1. The molecule has 144 valence electrons. The van der Waals surface area contributed by atoms with Crippen LogP contribution in [0.1, 0.15) is 21.6 Å². The molecule has 1 aromatic heterocycles. The van der Waals surface area contributed by atoms with Gasteiger partial charge in [-0.05, 0) is 76.7 Å². The van der Waals surface area contributed by atoms with E-state index in [1.54, 1.807) is 19.2 Å². The first kappa shape index (κ1) is 20.1. The normalized spacial score (nSPS) is 10.5. The number of carbonyl (C=O) groups is 1. The molecule has 0 saturated carbocycles. The highest BCUT2D eigenvalue weighted by Gasteiger charge is 2.11. The van der Waals surface area contributed by atoms with Crippen molar-refractivity contribution < 1.29 is 14.3 Å². The molecule has 0 radical (unpaired) electrons. The van der Waals surface area contributed by atoms with E-state index in [2.05, 4.69) is 32.9 Å². The van der Waals surface area contributed by atoms with Gasteiger partial charge in [-0.2, -0.15) is 0 Å². The van der Waals surface area contributed by atoms with E-state index in [1.165, 1.54) is 0 Å². The van der Waals surface area contributed by atoms with E-state index in [0.717, 1.165) is 14.9 Å². The summed E-state index contributed by atoms with van der Waals surface area (Å²) in [5.74, 6) is 1.37. The van der Waals surface area contributed by atoms with Crippen LogP contribution in [0.3, 0.4) is 0 Å². The molecule has 3 rings (SSSR count). The molecule has 0 unspecified atom stereocenters. The SMILES string of the molecule is COCc1ccc(C(=O)NCc2cccc(Oc3ccc(I)cc3)c2)c(N)n1. The number of nitrogens with one attached hydrogen (secondary N) is 1. The molecular weight excluding hydrogens is 469 g/mol. The van der Waals surface area contributed by atoms with E-state index in [4.69, 9.17) is 15.2 Å². The molecule has 1 heterocycles. The fourth-order valence-corrected chi connectivity index (χ4v) is 2.93. The van der Waals surface area contributed by atoms with Crippen molar-refractivity contribution >= 4 is 34.3 Å². The van der Waals surface area contributed by atoms with Crippen LogP contribution in [0.2, 0.25) is 0 Å². The molecule has 1 amide bonds.